The Hall–Kier alpha value is -3.28. The number of carbonyl (C=O) groups excluding carboxylic acids is 1. The maximum Gasteiger partial charge on any atom is 0.319 e. The summed E-state index contributed by atoms with van der Waals surface area (Å²) >= 11 is 0. The minimum absolute atomic E-state index is 0.229. The summed E-state index contributed by atoms with van der Waals surface area (Å²) in [5, 5.41) is 9.77. The van der Waals surface area contributed by atoms with E-state index in [4.69, 9.17) is 0 Å². The number of benzene rings is 2. The van der Waals surface area contributed by atoms with Gasteiger partial charge in [-0.2, -0.15) is 5.10 Å². The van der Waals surface area contributed by atoms with Gasteiger partial charge in [-0.15, -0.1) is 0 Å². The fraction of sp³-hybridized carbons (Fsp3) is 0.200. The van der Waals surface area contributed by atoms with Gasteiger partial charge >= 0.3 is 6.03 Å². The van der Waals surface area contributed by atoms with Crippen molar-refractivity contribution in [3.05, 3.63) is 72.1 Å². The van der Waals surface area contributed by atoms with Crippen LogP contribution in [-0.4, -0.2) is 22.4 Å². The highest BCUT2D eigenvalue weighted by Gasteiger charge is 2.19. The zero-order valence-electron chi connectivity index (χ0n) is 14.6. The molecule has 0 atom stereocenters. The predicted molar refractivity (Wildman–Crippen MR) is 103 cm³/mol. The number of para-hydroxylation sites is 1. The van der Waals surface area contributed by atoms with Crippen molar-refractivity contribution in [1.82, 2.24) is 15.1 Å². The normalized spacial score (nSPS) is 12.7. The molecule has 6 heteroatoms. The Bertz CT molecular complexity index is 916. The molecule has 1 aromatic heterocycles. The molecule has 0 radical (unpaired) electrons. The van der Waals surface area contributed by atoms with Crippen LogP contribution in [0.15, 0.2) is 60.9 Å². The molecule has 0 unspecified atom stereocenters. The van der Waals surface area contributed by atoms with E-state index < -0.39 is 0 Å². The fourth-order valence-electron chi connectivity index (χ4n) is 3.25. The van der Waals surface area contributed by atoms with Crippen LogP contribution < -0.4 is 15.5 Å². The number of anilines is 3. The molecule has 2 amide bonds. The predicted octanol–water partition coefficient (Wildman–Crippen LogP) is 3.44. The van der Waals surface area contributed by atoms with Crippen LogP contribution in [0.2, 0.25) is 0 Å². The second-order valence-corrected chi connectivity index (χ2v) is 6.41. The molecule has 2 N–H and O–H groups in total. The minimum Gasteiger partial charge on any atom is -0.341 e. The molecule has 0 saturated heterocycles. The molecule has 1 aliphatic rings. The minimum atomic E-state index is -0.229. The van der Waals surface area contributed by atoms with Gasteiger partial charge in [0.1, 0.15) is 0 Å². The second kappa shape index (κ2) is 6.92. The van der Waals surface area contributed by atoms with Gasteiger partial charge in [0.15, 0.2) is 0 Å². The largest absolute Gasteiger partial charge is 0.341 e. The highest BCUT2D eigenvalue weighted by atomic mass is 16.2. The van der Waals surface area contributed by atoms with E-state index in [1.54, 1.807) is 10.9 Å². The van der Waals surface area contributed by atoms with Crippen molar-refractivity contribution in [3.63, 3.8) is 0 Å². The summed E-state index contributed by atoms with van der Waals surface area (Å²) in [5.74, 6) is 0. The molecule has 2 aromatic carbocycles. The van der Waals surface area contributed by atoms with Gasteiger partial charge in [0.05, 0.1) is 6.20 Å². The Morgan fingerprint density at radius 3 is 2.73 bits per heavy atom. The van der Waals surface area contributed by atoms with Gasteiger partial charge < -0.3 is 15.5 Å². The van der Waals surface area contributed by atoms with Gasteiger partial charge in [0.2, 0.25) is 0 Å². The third-order valence-electron chi connectivity index (χ3n) is 4.54. The molecule has 0 fully saturated rings. The van der Waals surface area contributed by atoms with E-state index in [9.17, 15) is 4.79 Å². The quantitative estimate of drug-likeness (QED) is 0.760. The summed E-state index contributed by atoms with van der Waals surface area (Å²) in [6.07, 6.45) is 4.68. The number of fused-ring (bicyclic) bond motifs is 1. The first kappa shape index (κ1) is 16.2. The Kier molecular flexibility index (Phi) is 4.31. The number of amides is 2. The maximum absolute atomic E-state index is 12.0. The molecule has 0 bridgehead atoms. The first-order chi connectivity index (χ1) is 12.7. The average Bonchev–Trinajstić information content (AvgIpc) is 3.27. The van der Waals surface area contributed by atoms with Gasteiger partial charge in [-0.3, -0.25) is 4.68 Å². The van der Waals surface area contributed by atoms with Gasteiger partial charge in [0.25, 0.3) is 0 Å². The third-order valence-corrected chi connectivity index (χ3v) is 4.54. The number of hydrogen-bond donors (Lipinski definition) is 2. The molecular formula is C20H21N5O. The highest BCUT2D eigenvalue weighted by molar-refractivity contribution is 5.89. The van der Waals surface area contributed by atoms with Crippen LogP contribution in [0.3, 0.4) is 0 Å². The van der Waals surface area contributed by atoms with Crippen LogP contribution in [0, 0.1) is 0 Å². The number of aryl methyl sites for hydroxylation is 1. The van der Waals surface area contributed by atoms with E-state index in [1.165, 1.54) is 11.3 Å². The zero-order valence-corrected chi connectivity index (χ0v) is 14.6. The summed E-state index contributed by atoms with van der Waals surface area (Å²) in [6.45, 7) is 1.43. The molecule has 0 saturated carbocycles. The topological polar surface area (TPSA) is 62.2 Å². The monoisotopic (exact) mass is 347 g/mol. The van der Waals surface area contributed by atoms with Gasteiger partial charge in [0, 0.05) is 49.0 Å². The Labute approximate surface area is 152 Å². The number of nitrogens with zero attached hydrogens (tertiary/aromatic N) is 3. The number of hydrogen-bond acceptors (Lipinski definition) is 3. The molecule has 26 heavy (non-hydrogen) atoms. The van der Waals surface area contributed by atoms with Crippen LogP contribution >= 0.6 is 0 Å². The lowest BCUT2D eigenvalue weighted by molar-refractivity contribution is 0.251. The SMILES string of the molecule is Cn1cc(CNC(=O)Nc2ccc(N3CCc4ccccc43)cc2)cn1. The van der Waals surface area contributed by atoms with Crippen molar-refractivity contribution in [2.24, 2.45) is 7.05 Å². The molecule has 6 nitrogen and oxygen atoms in total. The average molecular weight is 347 g/mol. The smallest absolute Gasteiger partial charge is 0.319 e. The maximum atomic E-state index is 12.0. The molecule has 4 rings (SSSR count). The van der Waals surface area contributed by atoms with E-state index in [1.807, 2.05) is 37.5 Å². The number of rotatable bonds is 4. The third kappa shape index (κ3) is 3.39. The molecule has 132 valence electrons. The lowest BCUT2D eigenvalue weighted by atomic mass is 10.2. The highest BCUT2D eigenvalue weighted by Crippen LogP contribution is 2.34. The first-order valence-electron chi connectivity index (χ1n) is 8.67. The second-order valence-electron chi connectivity index (χ2n) is 6.41. The Morgan fingerprint density at radius 1 is 1.15 bits per heavy atom. The van der Waals surface area contributed by atoms with E-state index in [2.05, 4.69) is 44.9 Å². The zero-order chi connectivity index (χ0) is 17.9. The van der Waals surface area contributed by atoms with Crippen molar-refractivity contribution < 1.29 is 4.79 Å². The van der Waals surface area contributed by atoms with Crippen molar-refractivity contribution in [1.29, 1.82) is 0 Å². The van der Waals surface area contributed by atoms with Crippen LogP contribution in [0.1, 0.15) is 11.1 Å². The molecule has 1 aliphatic heterocycles. The van der Waals surface area contributed by atoms with Crippen LogP contribution in [0.5, 0.6) is 0 Å². The van der Waals surface area contributed by atoms with Crippen molar-refractivity contribution in [2.45, 2.75) is 13.0 Å². The van der Waals surface area contributed by atoms with Crippen LogP contribution in [0.25, 0.3) is 0 Å². The molecule has 0 aliphatic carbocycles. The van der Waals surface area contributed by atoms with E-state index >= 15 is 0 Å². The number of nitrogens with one attached hydrogen (secondary N) is 2. The molecule has 2 heterocycles. The lowest BCUT2D eigenvalue weighted by Gasteiger charge is -2.20. The lowest BCUT2D eigenvalue weighted by Crippen LogP contribution is -2.28. The van der Waals surface area contributed by atoms with Crippen LogP contribution in [0.4, 0.5) is 21.9 Å². The van der Waals surface area contributed by atoms with Crippen molar-refractivity contribution in [2.75, 3.05) is 16.8 Å². The molecule has 3 aromatic rings. The molecule has 0 spiro atoms. The summed E-state index contributed by atoms with van der Waals surface area (Å²) in [7, 11) is 1.85. The number of aromatic nitrogens is 2. The Morgan fingerprint density at radius 2 is 1.96 bits per heavy atom. The number of carbonyl (C=O) groups is 1. The van der Waals surface area contributed by atoms with Crippen molar-refractivity contribution in [3.8, 4) is 0 Å². The van der Waals surface area contributed by atoms with Gasteiger partial charge in [-0.25, -0.2) is 4.79 Å². The first-order valence-corrected chi connectivity index (χ1v) is 8.67. The van der Waals surface area contributed by atoms with Gasteiger partial charge in [-0.05, 0) is 42.3 Å². The fourth-order valence-corrected chi connectivity index (χ4v) is 3.25. The van der Waals surface area contributed by atoms with Crippen LogP contribution in [-0.2, 0) is 20.0 Å². The van der Waals surface area contributed by atoms with E-state index in [0.717, 1.165) is 29.9 Å². The van der Waals surface area contributed by atoms with E-state index in [0.29, 0.717) is 6.54 Å². The van der Waals surface area contributed by atoms with E-state index in [-0.39, 0.29) is 6.03 Å². The number of urea groups is 1. The summed E-state index contributed by atoms with van der Waals surface area (Å²) < 4.78 is 1.71. The summed E-state index contributed by atoms with van der Waals surface area (Å²) in [4.78, 5) is 14.3. The van der Waals surface area contributed by atoms with Gasteiger partial charge in [-0.1, -0.05) is 18.2 Å². The molecular weight excluding hydrogens is 326 g/mol. The Balaban J connectivity index is 1.37. The van der Waals surface area contributed by atoms with Crippen molar-refractivity contribution >= 4 is 23.1 Å². The standard InChI is InChI=1S/C20H21N5O/c1-24-14-15(13-22-24)12-21-20(26)23-17-6-8-18(9-7-17)25-11-10-16-4-2-3-5-19(16)25/h2-9,13-14H,10-12H2,1H3,(H2,21,23,26). The summed E-state index contributed by atoms with van der Waals surface area (Å²) in [5.41, 5.74) is 5.51. The summed E-state index contributed by atoms with van der Waals surface area (Å²) in [6, 6.07) is 16.2.